The molecule has 6 heteroatoms. The third-order valence-corrected chi connectivity index (χ3v) is 5.22. The second-order valence-electron chi connectivity index (χ2n) is 6.28. The molecule has 0 saturated carbocycles. The number of nitrogens with one attached hydrogen (secondary N) is 1. The van der Waals surface area contributed by atoms with Crippen LogP contribution in [0.1, 0.15) is 38.1 Å². The topological polar surface area (TPSA) is 58.6 Å². The lowest BCUT2D eigenvalue weighted by Crippen LogP contribution is -2.49. The van der Waals surface area contributed by atoms with E-state index in [-0.39, 0.29) is 17.2 Å². The summed E-state index contributed by atoms with van der Waals surface area (Å²) in [5, 5.41) is 2.75. The van der Waals surface area contributed by atoms with Crippen LogP contribution in [0.25, 0.3) is 0 Å². The van der Waals surface area contributed by atoms with E-state index >= 15 is 0 Å². The van der Waals surface area contributed by atoms with E-state index in [0.717, 1.165) is 11.3 Å². The van der Waals surface area contributed by atoms with Gasteiger partial charge in [0, 0.05) is 6.54 Å². The molecule has 1 saturated heterocycles. The molecule has 1 N–H and O–H groups in total. The zero-order valence-electron chi connectivity index (χ0n) is 14.7. The number of benzene rings is 1. The van der Waals surface area contributed by atoms with E-state index in [9.17, 15) is 9.59 Å². The molecule has 1 aromatic rings. The van der Waals surface area contributed by atoms with Crippen molar-refractivity contribution in [1.82, 2.24) is 10.2 Å². The van der Waals surface area contributed by atoms with Crippen molar-refractivity contribution >= 4 is 23.6 Å². The van der Waals surface area contributed by atoms with Crippen molar-refractivity contribution in [1.29, 1.82) is 0 Å². The number of nitrogens with zero attached hydrogens (tertiary/aromatic N) is 1. The summed E-state index contributed by atoms with van der Waals surface area (Å²) in [6.07, 6.45) is 0.658. The first-order valence-electron chi connectivity index (χ1n) is 8.32. The Kier molecular flexibility index (Phi) is 6.54. The fourth-order valence-electron chi connectivity index (χ4n) is 2.88. The SMILES string of the molecule is CCNC(=O)[C@H](CC(C)C)N1C(=O)CS[C@@H]1c1ccc(OC)cc1. The normalized spacial score (nSPS) is 18.8. The predicted molar refractivity (Wildman–Crippen MR) is 97.0 cm³/mol. The minimum absolute atomic E-state index is 0.0257. The van der Waals surface area contributed by atoms with Gasteiger partial charge in [0.1, 0.15) is 17.2 Å². The van der Waals surface area contributed by atoms with Crippen molar-refractivity contribution in [3.05, 3.63) is 29.8 Å². The molecule has 0 unspecified atom stereocenters. The van der Waals surface area contributed by atoms with Gasteiger partial charge in [-0.3, -0.25) is 9.59 Å². The number of carbonyl (C=O) groups excluding carboxylic acids is 2. The summed E-state index contributed by atoms with van der Waals surface area (Å²) in [5.74, 6) is 1.47. The van der Waals surface area contributed by atoms with Crippen LogP contribution in [0.3, 0.4) is 0 Å². The van der Waals surface area contributed by atoms with E-state index in [1.54, 1.807) is 23.8 Å². The Bertz CT molecular complexity index is 574. The summed E-state index contributed by atoms with van der Waals surface area (Å²) in [6.45, 7) is 6.60. The zero-order chi connectivity index (χ0) is 17.7. The molecule has 2 amide bonds. The van der Waals surface area contributed by atoms with Crippen molar-refractivity contribution < 1.29 is 14.3 Å². The number of ether oxygens (including phenoxy) is 1. The molecule has 0 spiro atoms. The van der Waals surface area contributed by atoms with Crippen LogP contribution >= 0.6 is 11.8 Å². The molecule has 132 valence electrons. The van der Waals surface area contributed by atoms with Crippen LogP contribution in [0.5, 0.6) is 5.75 Å². The summed E-state index contributed by atoms with van der Waals surface area (Å²) < 4.78 is 5.20. The van der Waals surface area contributed by atoms with E-state index in [2.05, 4.69) is 19.2 Å². The minimum atomic E-state index is -0.431. The molecule has 0 radical (unpaired) electrons. The summed E-state index contributed by atoms with van der Waals surface area (Å²) >= 11 is 1.57. The highest BCUT2D eigenvalue weighted by molar-refractivity contribution is 8.00. The van der Waals surface area contributed by atoms with Crippen LogP contribution in [0.15, 0.2) is 24.3 Å². The summed E-state index contributed by atoms with van der Waals surface area (Å²) in [5.41, 5.74) is 1.02. The van der Waals surface area contributed by atoms with Gasteiger partial charge in [0.15, 0.2) is 0 Å². The predicted octanol–water partition coefficient (Wildman–Crippen LogP) is 2.82. The summed E-state index contributed by atoms with van der Waals surface area (Å²) in [4.78, 5) is 26.8. The molecule has 0 aromatic heterocycles. The minimum Gasteiger partial charge on any atom is -0.497 e. The van der Waals surface area contributed by atoms with Crippen LogP contribution in [-0.2, 0) is 9.59 Å². The fraction of sp³-hybridized carbons (Fsp3) is 0.556. The first-order valence-corrected chi connectivity index (χ1v) is 9.37. The van der Waals surface area contributed by atoms with Gasteiger partial charge in [-0.15, -0.1) is 11.8 Å². The van der Waals surface area contributed by atoms with Gasteiger partial charge in [-0.05, 0) is 37.0 Å². The molecule has 1 heterocycles. The average molecular weight is 350 g/mol. The second kappa shape index (κ2) is 8.42. The quantitative estimate of drug-likeness (QED) is 0.821. The summed E-state index contributed by atoms with van der Waals surface area (Å²) in [7, 11) is 1.63. The Hall–Kier alpha value is -1.69. The Morgan fingerprint density at radius 3 is 2.58 bits per heavy atom. The number of carbonyl (C=O) groups is 2. The number of rotatable bonds is 7. The van der Waals surface area contributed by atoms with Crippen LogP contribution in [0.4, 0.5) is 0 Å². The van der Waals surface area contributed by atoms with E-state index < -0.39 is 6.04 Å². The average Bonchev–Trinajstić information content (AvgIpc) is 2.94. The van der Waals surface area contributed by atoms with Crippen molar-refractivity contribution in [2.75, 3.05) is 19.4 Å². The van der Waals surface area contributed by atoms with Crippen molar-refractivity contribution in [2.45, 2.75) is 38.6 Å². The van der Waals surface area contributed by atoms with Gasteiger partial charge in [-0.1, -0.05) is 26.0 Å². The maximum absolute atomic E-state index is 12.6. The van der Waals surface area contributed by atoms with Crippen molar-refractivity contribution in [3.8, 4) is 5.75 Å². The molecule has 1 aromatic carbocycles. The number of hydrogen-bond acceptors (Lipinski definition) is 4. The van der Waals surface area contributed by atoms with Gasteiger partial charge in [0.2, 0.25) is 11.8 Å². The number of methoxy groups -OCH3 is 1. The first kappa shape index (κ1) is 18.6. The molecule has 1 aliphatic heterocycles. The molecule has 24 heavy (non-hydrogen) atoms. The van der Waals surface area contributed by atoms with Gasteiger partial charge >= 0.3 is 0 Å². The van der Waals surface area contributed by atoms with Gasteiger partial charge in [0.25, 0.3) is 0 Å². The smallest absolute Gasteiger partial charge is 0.242 e. The highest BCUT2D eigenvalue weighted by Gasteiger charge is 2.40. The third-order valence-electron chi connectivity index (χ3n) is 3.99. The molecular weight excluding hydrogens is 324 g/mol. The Morgan fingerprint density at radius 2 is 2.04 bits per heavy atom. The molecular formula is C18H26N2O3S. The molecule has 0 aliphatic carbocycles. The van der Waals surface area contributed by atoms with Gasteiger partial charge in [0.05, 0.1) is 12.9 Å². The van der Waals surface area contributed by atoms with E-state index in [4.69, 9.17) is 4.74 Å². The first-order chi connectivity index (χ1) is 11.5. The molecule has 0 bridgehead atoms. The number of thioether (sulfide) groups is 1. The number of hydrogen-bond donors (Lipinski definition) is 1. The molecule has 1 aliphatic rings. The zero-order valence-corrected chi connectivity index (χ0v) is 15.6. The Balaban J connectivity index is 2.29. The van der Waals surface area contributed by atoms with Gasteiger partial charge in [-0.25, -0.2) is 0 Å². The van der Waals surface area contributed by atoms with Gasteiger partial charge in [-0.2, -0.15) is 0 Å². The third kappa shape index (κ3) is 4.23. The lowest BCUT2D eigenvalue weighted by atomic mass is 10.0. The molecule has 2 rings (SSSR count). The largest absolute Gasteiger partial charge is 0.497 e. The highest BCUT2D eigenvalue weighted by Crippen LogP contribution is 2.41. The molecule has 2 atom stereocenters. The maximum Gasteiger partial charge on any atom is 0.242 e. The Labute approximate surface area is 148 Å². The van der Waals surface area contributed by atoms with Gasteiger partial charge < -0.3 is 15.0 Å². The van der Waals surface area contributed by atoms with Crippen molar-refractivity contribution in [3.63, 3.8) is 0 Å². The number of likely N-dealkylation sites (N-methyl/N-ethyl adjacent to an activating group) is 1. The Morgan fingerprint density at radius 1 is 1.38 bits per heavy atom. The molecule has 1 fully saturated rings. The number of amides is 2. The van der Waals surface area contributed by atoms with E-state index in [0.29, 0.717) is 24.6 Å². The lowest BCUT2D eigenvalue weighted by Gasteiger charge is -2.33. The fourth-order valence-corrected chi connectivity index (χ4v) is 4.11. The van der Waals surface area contributed by atoms with E-state index in [1.807, 2.05) is 31.2 Å². The van der Waals surface area contributed by atoms with Crippen LogP contribution < -0.4 is 10.1 Å². The highest BCUT2D eigenvalue weighted by atomic mass is 32.2. The monoisotopic (exact) mass is 350 g/mol. The lowest BCUT2D eigenvalue weighted by molar-refractivity contribution is -0.139. The van der Waals surface area contributed by atoms with Crippen molar-refractivity contribution in [2.24, 2.45) is 5.92 Å². The second-order valence-corrected chi connectivity index (χ2v) is 7.35. The summed E-state index contributed by atoms with van der Waals surface area (Å²) in [6, 6.07) is 7.28. The standard InChI is InChI=1S/C18H26N2O3S/c1-5-19-17(22)15(10-12(2)3)20-16(21)11-24-18(20)13-6-8-14(23-4)9-7-13/h6-9,12,15,18H,5,10-11H2,1-4H3,(H,19,22)/t15-,18+/m0/s1. The van der Waals surface area contributed by atoms with E-state index in [1.165, 1.54) is 0 Å². The van der Waals surface area contributed by atoms with Crippen LogP contribution in [0, 0.1) is 5.92 Å². The molecule has 5 nitrogen and oxygen atoms in total. The van der Waals surface area contributed by atoms with Crippen LogP contribution in [0.2, 0.25) is 0 Å². The maximum atomic E-state index is 12.6. The van der Waals surface area contributed by atoms with Crippen LogP contribution in [-0.4, -0.2) is 42.2 Å².